The number of nitrogens with one attached hydrogen (secondary N) is 1. The van der Waals surface area contributed by atoms with E-state index in [2.05, 4.69) is 15.3 Å². The van der Waals surface area contributed by atoms with Crippen LogP contribution in [-0.2, 0) is 20.9 Å². The van der Waals surface area contributed by atoms with Crippen LogP contribution in [0.3, 0.4) is 0 Å². The van der Waals surface area contributed by atoms with E-state index in [9.17, 15) is 26.7 Å². The van der Waals surface area contributed by atoms with Crippen LogP contribution < -0.4 is 10.1 Å². The molecule has 0 bridgehead atoms. The largest absolute Gasteiger partial charge is 0.468 e. The van der Waals surface area contributed by atoms with Gasteiger partial charge in [0.15, 0.2) is 6.10 Å². The molecule has 3 rings (SSSR count). The first-order chi connectivity index (χ1) is 13.4. The Morgan fingerprint density at radius 3 is 2.55 bits per heavy atom. The molecule has 0 saturated carbocycles. The fourth-order valence-electron chi connectivity index (χ4n) is 3.18. The van der Waals surface area contributed by atoms with Gasteiger partial charge in [0.05, 0.1) is 19.5 Å². The van der Waals surface area contributed by atoms with Gasteiger partial charge in [0.2, 0.25) is 21.9 Å². The number of sulfonamides is 1. The zero-order valence-corrected chi connectivity index (χ0v) is 16.8. The lowest BCUT2D eigenvalue weighted by Gasteiger charge is -2.30. The average molecular weight is 440 g/mol. The van der Waals surface area contributed by atoms with E-state index in [1.807, 2.05) is 0 Å². The second kappa shape index (κ2) is 7.85. The van der Waals surface area contributed by atoms with Crippen molar-refractivity contribution in [1.29, 1.82) is 0 Å². The number of halogens is 3. The molecule has 2 aliphatic heterocycles. The van der Waals surface area contributed by atoms with E-state index in [-0.39, 0.29) is 25.2 Å². The monoisotopic (exact) mass is 440 g/mol. The van der Waals surface area contributed by atoms with Crippen LogP contribution in [0.15, 0.2) is 6.20 Å². The molecule has 0 amide bonds. The van der Waals surface area contributed by atoms with Crippen LogP contribution >= 0.6 is 0 Å². The van der Waals surface area contributed by atoms with Gasteiger partial charge in [-0.15, -0.1) is 0 Å². The maximum atomic E-state index is 13.3. The van der Waals surface area contributed by atoms with Crippen molar-refractivity contribution in [2.24, 2.45) is 0 Å². The van der Waals surface area contributed by atoms with Crippen LogP contribution in [0, 0.1) is 0 Å². The molecule has 1 aromatic rings. The summed E-state index contributed by atoms with van der Waals surface area (Å²) in [5, 5.41) is 13.1. The SMILES string of the molecule is C[C@]1(O)COC[C@H]1Oc1nc(NC2CCN(S(C)(=O)=O)CC2)ncc1C(F)(F)F. The van der Waals surface area contributed by atoms with Crippen molar-refractivity contribution in [1.82, 2.24) is 14.3 Å². The van der Waals surface area contributed by atoms with Gasteiger partial charge in [-0.3, -0.25) is 0 Å². The summed E-state index contributed by atoms with van der Waals surface area (Å²) in [4.78, 5) is 7.60. The Morgan fingerprint density at radius 2 is 2.03 bits per heavy atom. The molecule has 2 saturated heterocycles. The lowest BCUT2D eigenvalue weighted by molar-refractivity contribution is -0.140. The van der Waals surface area contributed by atoms with Gasteiger partial charge in [-0.2, -0.15) is 18.2 Å². The van der Waals surface area contributed by atoms with E-state index in [0.717, 1.165) is 6.26 Å². The molecule has 9 nitrogen and oxygen atoms in total. The number of hydrogen-bond donors (Lipinski definition) is 2. The second-order valence-corrected chi connectivity index (χ2v) is 9.45. The highest BCUT2D eigenvalue weighted by molar-refractivity contribution is 7.88. The highest BCUT2D eigenvalue weighted by atomic mass is 32.2. The molecule has 3 heterocycles. The highest BCUT2D eigenvalue weighted by Gasteiger charge is 2.43. The molecular weight excluding hydrogens is 417 g/mol. The molecule has 29 heavy (non-hydrogen) atoms. The molecule has 0 spiro atoms. The first-order valence-corrected chi connectivity index (χ1v) is 10.8. The number of hydrogen-bond acceptors (Lipinski definition) is 8. The Kier molecular flexibility index (Phi) is 5.96. The quantitative estimate of drug-likeness (QED) is 0.693. The van der Waals surface area contributed by atoms with Crippen LogP contribution in [0.5, 0.6) is 5.88 Å². The molecule has 164 valence electrons. The van der Waals surface area contributed by atoms with E-state index in [0.29, 0.717) is 32.1 Å². The van der Waals surface area contributed by atoms with Crippen LogP contribution in [-0.4, -0.2) is 78.1 Å². The Bertz CT molecular complexity index is 841. The number of ether oxygens (including phenoxy) is 2. The molecule has 2 fully saturated rings. The normalized spacial score (nSPS) is 27.2. The van der Waals surface area contributed by atoms with Gasteiger partial charge in [0, 0.05) is 25.3 Å². The number of piperidine rings is 1. The highest BCUT2D eigenvalue weighted by Crippen LogP contribution is 2.37. The van der Waals surface area contributed by atoms with Crippen molar-refractivity contribution >= 4 is 16.0 Å². The number of aliphatic hydroxyl groups is 1. The predicted molar refractivity (Wildman–Crippen MR) is 96.0 cm³/mol. The summed E-state index contributed by atoms with van der Waals surface area (Å²) >= 11 is 0. The Labute approximate surface area is 166 Å². The van der Waals surface area contributed by atoms with Gasteiger partial charge in [0.1, 0.15) is 11.2 Å². The van der Waals surface area contributed by atoms with Crippen LogP contribution in [0.2, 0.25) is 0 Å². The molecule has 2 N–H and O–H groups in total. The van der Waals surface area contributed by atoms with Crippen molar-refractivity contribution in [3.8, 4) is 5.88 Å². The molecule has 1 aromatic heterocycles. The predicted octanol–water partition coefficient (Wildman–Crippen LogP) is 0.860. The molecule has 0 aliphatic carbocycles. The summed E-state index contributed by atoms with van der Waals surface area (Å²) in [6, 6.07) is -0.199. The summed E-state index contributed by atoms with van der Waals surface area (Å²) in [7, 11) is -3.28. The fraction of sp³-hybridized carbons (Fsp3) is 0.750. The van der Waals surface area contributed by atoms with Gasteiger partial charge < -0.3 is 19.9 Å². The molecule has 13 heteroatoms. The van der Waals surface area contributed by atoms with Crippen LogP contribution in [0.1, 0.15) is 25.3 Å². The van der Waals surface area contributed by atoms with Crippen molar-refractivity contribution < 1.29 is 36.2 Å². The van der Waals surface area contributed by atoms with Crippen LogP contribution in [0.4, 0.5) is 19.1 Å². The van der Waals surface area contributed by atoms with Crippen molar-refractivity contribution in [3.63, 3.8) is 0 Å². The van der Waals surface area contributed by atoms with E-state index >= 15 is 0 Å². The van der Waals surface area contributed by atoms with E-state index in [1.54, 1.807) is 0 Å². The minimum Gasteiger partial charge on any atom is -0.468 e. The molecule has 0 unspecified atom stereocenters. The number of rotatable bonds is 5. The van der Waals surface area contributed by atoms with Gasteiger partial charge in [-0.25, -0.2) is 17.7 Å². The number of aromatic nitrogens is 2. The summed E-state index contributed by atoms with van der Waals surface area (Å²) in [5.74, 6) is -0.760. The topological polar surface area (TPSA) is 114 Å². The average Bonchev–Trinajstić information content (AvgIpc) is 2.92. The Balaban J connectivity index is 1.75. The maximum Gasteiger partial charge on any atom is 0.423 e. The van der Waals surface area contributed by atoms with E-state index in [4.69, 9.17) is 9.47 Å². The standard InChI is InChI=1S/C16H23F3N4O5S/c1-15(24)9-27-8-12(15)28-13-11(16(17,18)19)7-20-14(22-13)21-10-3-5-23(6-4-10)29(2,25)26/h7,10,12,24H,3-6,8-9H2,1-2H3,(H,20,21,22)/t12-,15+/m1/s1. The maximum absolute atomic E-state index is 13.3. The summed E-state index contributed by atoms with van der Waals surface area (Å²) in [6.07, 6.45) is -3.08. The number of alkyl halides is 3. The Morgan fingerprint density at radius 1 is 1.38 bits per heavy atom. The molecule has 0 aromatic carbocycles. The third-order valence-electron chi connectivity index (χ3n) is 4.93. The lowest BCUT2D eigenvalue weighted by atomic mass is 10.0. The number of anilines is 1. The fourth-order valence-corrected chi connectivity index (χ4v) is 4.05. The van der Waals surface area contributed by atoms with E-state index in [1.165, 1.54) is 11.2 Å². The third kappa shape index (κ3) is 5.27. The minimum absolute atomic E-state index is 0.0614. The zero-order valence-electron chi connectivity index (χ0n) is 15.9. The molecule has 0 radical (unpaired) electrons. The summed E-state index contributed by atoms with van der Waals surface area (Å²) in [5.41, 5.74) is -2.60. The first-order valence-electron chi connectivity index (χ1n) is 8.99. The van der Waals surface area contributed by atoms with Crippen LogP contribution in [0.25, 0.3) is 0 Å². The summed E-state index contributed by atoms with van der Waals surface area (Å²) in [6.45, 7) is 1.87. The zero-order chi connectivity index (χ0) is 21.4. The van der Waals surface area contributed by atoms with Gasteiger partial charge in [0.25, 0.3) is 0 Å². The second-order valence-electron chi connectivity index (χ2n) is 7.47. The van der Waals surface area contributed by atoms with Gasteiger partial charge in [-0.1, -0.05) is 0 Å². The smallest absolute Gasteiger partial charge is 0.423 e. The summed E-state index contributed by atoms with van der Waals surface area (Å²) < 4.78 is 74.9. The lowest BCUT2D eigenvalue weighted by Crippen LogP contribution is -2.42. The van der Waals surface area contributed by atoms with Gasteiger partial charge >= 0.3 is 6.18 Å². The van der Waals surface area contributed by atoms with Gasteiger partial charge in [-0.05, 0) is 19.8 Å². The molecule has 2 aliphatic rings. The first kappa shape index (κ1) is 22.0. The van der Waals surface area contributed by atoms with Crippen molar-refractivity contribution in [2.45, 2.75) is 43.7 Å². The third-order valence-corrected chi connectivity index (χ3v) is 6.23. The minimum atomic E-state index is -4.74. The Hall–Kier alpha value is -1.70. The molecular formula is C16H23F3N4O5S. The number of nitrogens with zero attached hydrogens (tertiary/aromatic N) is 3. The molecule has 2 atom stereocenters. The van der Waals surface area contributed by atoms with Crippen molar-refractivity contribution in [3.05, 3.63) is 11.8 Å². The van der Waals surface area contributed by atoms with E-state index < -0.39 is 39.3 Å². The van der Waals surface area contributed by atoms with Crippen molar-refractivity contribution in [2.75, 3.05) is 37.9 Å².